The number of fused-ring (bicyclic) bond motifs is 6. The summed E-state index contributed by atoms with van der Waals surface area (Å²) in [5.41, 5.74) is 3.94. The summed E-state index contributed by atoms with van der Waals surface area (Å²) in [4.78, 5) is 25.4. The van der Waals surface area contributed by atoms with Crippen LogP contribution in [0.1, 0.15) is 33.2 Å². The predicted octanol–water partition coefficient (Wildman–Crippen LogP) is 3.27. The molecule has 114 valence electrons. The van der Waals surface area contributed by atoms with Gasteiger partial charge in [0.2, 0.25) is 0 Å². The molecule has 2 atom stereocenters. The van der Waals surface area contributed by atoms with Crippen LogP contribution >= 0.6 is 0 Å². The number of aryl methyl sites for hydroxylation is 2. The van der Waals surface area contributed by atoms with Gasteiger partial charge in [0, 0.05) is 28.4 Å². The topological polar surface area (TPSA) is 51.6 Å². The molecule has 0 spiro atoms. The number of carbonyl (C=O) groups is 2. The van der Waals surface area contributed by atoms with Gasteiger partial charge in [-0.15, -0.1) is 0 Å². The van der Waals surface area contributed by atoms with Crippen molar-refractivity contribution in [2.75, 3.05) is 0 Å². The van der Waals surface area contributed by atoms with Crippen LogP contribution in [0, 0.1) is 6.92 Å². The molecule has 4 heteroatoms. The number of aromatic nitrogens is 1. The Kier molecular flexibility index (Phi) is 2.31. The Labute approximate surface area is 132 Å². The van der Waals surface area contributed by atoms with Crippen molar-refractivity contribution in [2.45, 2.75) is 32.6 Å². The lowest BCUT2D eigenvalue weighted by atomic mass is 9.85. The third kappa shape index (κ3) is 1.44. The summed E-state index contributed by atoms with van der Waals surface area (Å²) < 4.78 is 7.46. The van der Waals surface area contributed by atoms with Gasteiger partial charge in [-0.2, -0.15) is 0 Å². The van der Waals surface area contributed by atoms with Crippen LogP contribution in [0.25, 0.3) is 21.8 Å². The Morgan fingerprint density at radius 3 is 2.48 bits per heavy atom. The predicted molar refractivity (Wildman–Crippen MR) is 87.2 cm³/mol. The lowest BCUT2D eigenvalue weighted by Crippen LogP contribution is -2.27. The van der Waals surface area contributed by atoms with E-state index in [-0.39, 0.29) is 11.6 Å². The fourth-order valence-electron chi connectivity index (χ4n) is 4.03. The lowest BCUT2D eigenvalue weighted by molar-refractivity contribution is 0.0922. The van der Waals surface area contributed by atoms with Crippen molar-refractivity contribution >= 4 is 33.4 Å². The standard InChI is InChI=1S/C19H15NO3/c1-3-20-12-7-5-4-6-10(12)11-8-9(2)13-14(15(11)20)17(22)19-18(23-19)16(13)21/h4-8,18-19H,3H2,1-2H3. The average molecular weight is 305 g/mol. The van der Waals surface area contributed by atoms with Crippen LogP contribution < -0.4 is 0 Å². The molecule has 0 N–H and O–H groups in total. The summed E-state index contributed by atoms with van der Waals surface area (Å²) in [6, 6.07) is 10.2. The smallest absolute Gasteiger partial charge is 0.197 e. The van der Waals surface area contributed by atoms with Gasteiger partial charge in [0.25, 0.3) is 0 Å². The van der Waals surface area contributed by atoms with Crippen molar-refractivity contribution in [1.82, 2.24) is 4.57 Å². The lowest BCUT2D eigenvalue weighted by Gasteiger charge is -2.16. The average Bonchev–Trinajstić information content (AvgIpc) is 3.30. The summed E-state index contributed by atoms with van der Waals surface area (Å²) in [6.07, 6.45) is -1.12. The zero-order valence-electron chi connectivity index (χ0n) is 12.9. The fourth-order valence-corrected chi connectivity index (χ4v) is 4.03. The number of ether oxygens (including phenoxy) is 1. The number of nitrogens with zero attached hydrogens (tertiary/aromatic N) is 1. The van der Waals surface area contributed by atoms with Gasteiger partial charge in [-0.1, -0.05) is 18.2 Å². The van der Waals surface area contributed by atoms with Crippen molar-refractivity contribution in [2.24, 2.45) is 0 Å². The largest absolute Gasteiger partial charge is 0.352 e. The number of hydrogen-bond donors (Lipinski definition) is 0. The number of ketones is 2. The Morgan fingerprint density at radius 1 is 1.04 bits per heavy atom. The summed E-state index contributed by atoms with van der Waals surface area (Å²) in [7, 11) is 0. The van der Waals surface area contributed by atoms with Crippen LogP contribution in [0.15, 0.2) is 30.3 Å². The first kappa shape index (κ1) is 13.0. The van der Waals surface area contributed by atoms with E-state index >= 15 is 0 Å². The molecule has 2 aliphatic rings. The molecular formula is C19H15NO3. The van der Waals surface area contributed by atoms with Gasteiger partial charge in [-0.05, 0) is 31.5 Å². The van der Waals surface area contributed by atoms with Crippen LogP contribution in [0.5, 0.6) is 0 Å². The van der Waals surface area contributed by atoms with E-state index < -0.39 is 12.2 Å². The van der Waals surface area contributed by atoms with Crippen LogP contribution in [-0.2, 0) is 11.3 Å². The Bertz CT molecular complexity index is 1040. The maximum atomic E-state index is 12.8. The van der Waals surface area contributed by atoms with Gasteiger partial charge >= 0.3 is 0 Å². The second-order valence-corrected chi connectivity index (χ2v) is 6.31. The van der Waals surface area contributed by atoms with E-state index in [4.69, 9.17) is 4.74 Å². The number of carbonyl (C=O) groups excluding carboxylic acids is 2. The first-order valence-corrected chi connectivity index (χ1v) is 7.92. The molecule has 1 saturated heterocycles. The fraction of sp³-hybridized carbons (Fsp3) is 0.263. The summed E-state index contributed by atoms with van der Waals surface area (Å²) in [5.74, 6) is -0.0901. The summed E-state index contributed by atoms with van der Waals surface area (Å²) >= 11 is 0. The Morgan fingerprint density at radius 2 is 1.74 bits per heavy atom. The van der Waals surface area contributed by atoms with Crippen LogP contribution in [0.2, 0.25) is 0 Å². The van der Waals surface area contributed by atoms with Gasteiger partial charge in [0.15, 0.2) is 23.8 Å². The minimum Gasteiger partial charge on any atom is -0.352 e. The zero-order valence-corrected chi connectivity index (χ0v) is 12.9. The second-order valence-electron chi connectivity index (χ2n) is 6.31. The van der Waals surface area contributed by atoms with E-state index in [1.165, 1.54) is 0 Å². The second kappa shape index (κ2) is 4.09. The quantitative estimate of drug-likeness (QED) is 0.648. The maximum absolute atomic E-state index is 12.8. The third-order valence-electron chi connectivity index (χ3n) is 5.07. The highest BCUT2D eigenvalue weighted by Crippen LogP contribution is 2.42. The van der Waals surface area contributed by atoms with Gasteiger partial charge in [-0.25, -0.2) is 0 Å². The summed E-state index contributed by atoms with van der Waals surface area (Å²) in [5, 5.41) is 2.16. The number of rotatable bonds is 1. The molecule has 3 aromatic rings. The van der Waals surface area contributed by atoms with Crippen LogP contribution in [0.4, 0.5) is 0 Å². The highest BCUT2D eigenvalue weighted by atomic mass is 16.6. The number of Topliss-reactive ketones (excluding diaryl/α,β-unsaturated/α-hetero) is 2. The molecule has 1 aliphatic carbocycles. The molecule has 4 nitrogen and oxygen atoms in total. The van der Waals surface area contributed by atoms with E-state index in [2.05, 4.69) is 23.6 Å². The van der Waals surface area contributed by atoms with Gasteiger partial charge < -0.3 is 9.30 Å². The molecular weight excluding hydrogens is 290 g/mol. The van der Waals surface area contributed by atoms with Crippen molar-refractivity contribution in [1.29, 1.82) is 0 Å². The van der Waals surface area contributed by atoms with Crippen LogP contribution in [0.3, 0.4) is 0 Å². The van der Waals surface area contributed by atoms with Crippen LogP contribution in [-0.4, -0.2) is 28.3 Å². The Hall–Kier alpha value is -2.46. The van der Waals surface area contributed by atoms with E-state index in [0.717, 1.165) is 33.9 Å². The molecule has 0 bridgehead atoms. The molecule has 1 aliphatic heterocycles. The first-order chi connectivity index (χ1) is 11.1. The minimum absolute atomic E-state index is 0.0445. The molecule has 5 rings (SSSR count). The number of benzene rings is 2. The van der Waals surface area contributed by atoms with Crippen molar-refractivity contribution < 1.29 is 14.3 Å². The Balaban J connectivity index is 2.04. The van der Waals surface area contributed by atoms with Crippen molar-refractivity contribution in [3.63, 3.8) is 0 Å². The van der Waals surface area contributed by atoms with Gasteiger partial charge in [0.1, 0.15) is 0 Å². The van der Waals surface area contributed by atoms with Crippen molar-refractivity contribution in [3.05, 3.63) is 47.0 Å². The summed E-state index contributed by atoms with van der Waals surface area (Å²) in [6.45, 7) is 4.71. The van der Waals surface area contributed by atoms with E-state index in [9.17, 15) is 9.59 Å². The van der Waals surface area contributed by atoms with E-state index in [1.54, 1.807) is 0 Å². The number of epoxide rings is 1. The van der Waals surface area contributed by atoms with E-state index in [1.807, 2.05) is 25.1 Å². The molecule has 0 saturated carbocycles. The SMILES string of the molecule is CCn1c2ccccc2c2cc(C)c3c(c21)C(=O)C1OC1C3=O. The monoisotopic (exact) mass is 305 g/mol. The molecule has 0 radical (unpaired) electrons. The molecule has 2 aromatic carbocycles. The van der Waals surface area contributed by atoms with Gasteiger partial charge in [-0.3, -0.25) is 9.59 Å². The molecule has 1 fully saturated rings. The molecule has 2 unspecified atom stereocenters. The molecule has 1 aromatic heterocycles. The van der Waals surface area contributed by atoms with E-state index in [0.29, 0.717) is 11.1 Å². The molecule has 23 heavy (non-hydrogen) atoms. The zero-order chi connectivity index (χ0) is 15.9. The normalized spacial score (nSPS) is 22.5. The van der Waals surface area contributed by atoms with Gasteiger partial charge in [0.05, 0.1) is 11.1 Å². The highest BCUT2D eigenvalue weighted by molar-refractivity contribution is 6.28. The maximum Gasteiger partial charge on any atom is 0.197 e. The van der Waals surface area contributed by atoms with Crippen molar-refractivity contribution in [3.8, 4) is 0 Å². The molecule has 0 amide bonds. The first-order valence-electron chi connectivity index (χ1n) is 7.92. The number of para-hydroxylation sites is 1. The minimum atomic E-state index is -0.566. The molecule has 2 heterocycles. The highest BCUT2D eigenvalue weighted by Gasteiger charge is 2.56. The third-order valence-corrected chi connectivity index (χ3v) is 5.07. The number of hydrogen-bond acceptors (Lipinski definition) is 3.